The van der Waals surface area contributed by atoms with Crippen LogP contribution in [0.4, 0.5) is 13.2 Å². The van der Waals surface area contributed by atoms with Crippen molar-refractivity contribution in [1.29, 1.82) is 0 Å². The molecule has 19 heavy (non-hydrogen) atoms. The van der Waals surface area contributed by atoms with Crippen LogP contribution in [0.3, 0.4) is 0 Å². The Morgan fingerprint density at radius 3 is 2.11 bits per heavy atom. The lowest BCUT2D eigenvalue weighted by atomic mass is 9.75. The Kier molecular flexibility index (Phi) is 4.70. The maximum atomic E-state index is 12.8. The minimum atomic E-state index is -4.87. The second-order valence-electron chi connectivity index (χ2n) is 5.23. The Morgan fingerprint density at radius 1 is 1.16 bits per heavy atom. The van der Waals surface area contributed by atoms with Gasteiger partial charge in [0, 0.05) is 4.47 Å². The molecule has 108 valence electrons. The maximum Gasteiger partial charge on any atom is 0.419 e. The highest BCUT2D eigenvalue weighted by atomic mass is 79.9. The van der Waals surface area contributed by atoms with Gasteiger partial charge in [-0.15, -0.1) is 0 Å². The molecule has 1 aromatic rings. The summed E-state index contributed by atoms with van der Waals surface area (Å²) in [5, 5.41) is 18.6. The van der Waals surface area contributed by atoms with Gasteiger partial charge in [0.05, 0.1) is 6.61 Å². The van der Waals surface area contributed by atoms with Gasteiger partial charge in [0.2, 0.25) is 0 Å². The second-order valence-corrected chi connectivity index (χ2v) is 6.08. The molecule has 0 spiro atoms. The third-order valence-electron chi connectivity index (χ3n) is 3.13. The minimum absolute atomic E-state index is 0.622. The molecule has 6 heteroatoms. The highest BCUT2D eigenvalue weighted by Crippen LogP contribution is 2.42. The largest absolute Gasteiger partial charge is 0.419 e. The summed E-state index contributed by atoms with van der Waals surface area (Å²) in [5.41, 5.74) is -3.41. The van der Waals surface area contributed by atoms with Crippen molar-refractivity contribution < 1.29 is 23.4 Å². The molecule has 0 radical (unpaired) electrons. The molecule has 0 amide bonds. The van der Waals surface area contributed by atoms with Gasteiger partial charge in [0.1, 0.15) is 0 Å². The number of aliphatic hydroxyl groups is 2. The SMILES string of the molecule is CC(C)(C[C@](O)(CO)C(F)(F)F)c1ccccc1Br. The lowest BCUT2D eigenvalue weighted by Crippen LogP contribution is -2.52. The first-order valence-corrected chi connectivity index (χ1v) is 6.48. The van der Waals surface area contributed by atoms with E-state index in [0.717, 1.165) is 0 Å². The molecule has 0 saturated carbocycles. The molecule has 0 fully saturated rings. The monoisotopic (exact) mass is 340 g/mol. The average Bonchev–Trinajstić information content (AvgIpc) is 2.27. The van der Waals surface area contributed by atoms with Crippen LogP contribution < -0.4 is 0 Å². The molecular formula is C13H16BrF3O2. The van der Waals surface area contributed by atoms with Gasteiger partial charge in [-0.2, -0.15) is 13.2 Å². The highest BCUT2D eigenvalue weighted by Gasteiger charge is 2.55. The number of rotatable bonds is 4. The number of alkyl halides is 3. The van der Waals surface area contributed by atoms with Gasteiger partial charge in [-0.05, 0) is 23.5 Å². The van der Waals surface area contributed by atoms with E-state index < -0.39 is 30.2 Å². The van der Waals surface area contributed by atoms with Crippen LogP contribution in [0.15, 0.2) is 28.7 Å². The van der Waals surface area contributed by atoms with Crippen LogP contribution in [-0.4, -0.2) is 28.6 Å². The molecule has 0 heterocycles. The first-order chi connectivity index (χ1) is 8.53. The fourth-order valence-electron chi connectivity index (χ4n) is 2.08. The van der Waals surface area contributed by atoms with Crippen molar-refractivity contribution >= 4 is 15.9 Å². The van der Waals surface area contributed by atoms with E-state index in [-0.39, 0.29) is 0 Å². The average molecular weight is 341 g/mol. The smallest absolute Gasteiger partial charge is 0.393 e. The van der Waals surface area contributed by atoms with E-state index in [9.17, 15) is 18.3 Å². The van der Waals surface area contributed by atoms with Crippen LogP contribution in [0, 0.1) is 0 Å². The summed E-state index contributed by atoms with van der Waals surface area (Å²) in [5.74, 6) is 0. The van der Waals surface area contributed by atoms with E-state index in [2.05, 4.69) is 15.9 Å². The number of hydrogen-bond donors (Lipinski definition) is 2. The molecule has 2 nitrogen and oxygen atoms in total. The third-order valence-corrected chi connectivity index (χ3v) is 3.82. The van der Waals surface area contributed by atoms with Gasteiger partial charge in [0.15, 0.2) is 5.60 Å². The van der Waals surface area contributed by atoms with E-state index in [1.165, 1.54) is 0 Å². The number of benzene rings is 1. The Labute approximate surface area is 118 Å². The lowest BCUT2D eigenvalue weighted by Gasteiger charge is -2.37. The van der Waals surface area contributed by atoms with Crippen LogP contribution in [0.2, 0.25) is 0 Å². The summed E-state index contributed by atoms with van der Waals surface area (Å²) in [7, 11) is 0. The fraction of sp³-hybridized carbons (Fsp3) is 0.538. The Hall–Kier alpha value is -0.590. The molecule has 2 N–H and O–H groups in total. The van der Waals surface area contributed by atoms with E-state index in [0.29, 0.717) is 10.0 Å². The van der Waals surface area contributed by atoms with Crippen LogP contribution >= 0.6 is 15.9 Å². The Balaban J connectivity index is 3.12. The molecule has 1 rings (SSSR count). The molecule has 0 unspecified atom stereocenters. The summed E-state index contributed by atoms with van der Waals surface area (Å²) in [4.78, 5) is 0. The first-order valence-electron chi connectivity index (χ1n) is 5.68. The van der Waals surface area contributed by atoms with E-state index in [1.807, 2.05) is 0 Å². The van der Waals surface area contributed by atoms with Gasteiger partial charge in [-0.3, -0.25) is 0 Å². The van der Waals surface area contributed by atoms with Crippen LogP contribution in [-0.2, 0) is 5.41 Å². The molecule has 0 aliphatic heterocycles. The fourth-order valence-corrected chi connectivity index (χ4v) is 2.90. The molecule has 0 saturated heterocycles. The maximum absolute atomic E-state index is 12.8. The normalized spacial score (nSPS) is 16.2. The van der Waals surface area contributed by atoms with Crippen LogP contribution in [0.25, 0.3) is 0 Å². The highest BCUT2D eigenvalue weighted by molar-refractivity contribution is 9.10. The zero-order valence-corrected chi connectivity index (χ0v) is 12.2. The number of halogens is 4. The van der Waals surface area contributed by atoms with Gasteiger partial charge >= 0.3 is 6.18 Å². The Bertz CT molecular complexity index is 446. The zero-order chi connectivity index (χ0) is 14.9. The Morgan fingerprint density at radius 2 is 1.68 bits per heavy atom. The number of aliphatic hydroxyl groups excluding tert-OH is 1. The zero-order valence-electron chi connectivity index (χ0n) is 10.6. The molecular weight excluding hydrogens is 325 g/mol. The van der Waals surface area contributed by atoms with Crippen molar-refractivity contribution in [1.82, 2.24) is 0 Å². The summed E-state index contributed by atoms with van der Waals surface area (Å²) < 4.78 is 39.2. The molecule has 1 atom stereocenters. The van der Waals surface area contributed by atoms with Crippen molar-refractivity contribution in [2.75, 3.05) is 6.61 Å². The topological polar surface area (TPSA) is 40.5 Å². The van der Waals surface area contributed by atoms with E-state index in [4.69, 9.17) is 5.11 Å². The molecule has 0 bridgehead atoms. The van der Waals surface area contributed by atoms with Crippen molar-refractivity contribution in [3.8, 4) is 0 Å². The summed E-state index contributed by atoms with van der Waals surface area (Å²) >= 11 is 3.29. The summed E-state index contributed by atoms with van der Waals surface area (Å²) in [6.45, 7) is 1.84. The summed E-state index contributed by atoms with van der Waals surface area (Å²) in [6, 6.07) is 6.89. The van der Waals surface area contributed by atoms with Gasteiger partial charge < -0.3 is 10.2 Å². The van der Waals surface area contributed by atoms with Crippen molar-refractivity contribution in [3.63, 3.8) is 0 Å². The molecule has 0 aliphatic rings. The summed E-state index contributed by atoms with van der Waals surface area (Å²) in [6.07, 6.45) is -5.50. The lowest BCUT2D eigenvalue weighted by molar-refractivity contribution is -0.277. The van der Waals surface area contributed by atoms with Crippen molar-refractivity contribution in [3.05, 3.63) is 34.3 Å². The van der Waals surface area contributed by atoms with Crippen molar-refractivity contribution in [2.24, 2.45) is 0 Å². The molecule has 0 aromatic heterocycles. The standard InChI is InChI=1S/C13H16BrF3O2/c1-11(2,9-5-3-4-6-10(9)14)7-12(19,8-18)13(15,16)17/h3-6,18-19H,7-8H2,1-2H3/t12-/m0/s1. The third kappa shape index (κ3) is 3.49. The predicted molar refractivity (Wildman–Crippen MR) is 69.9 cm³/mol. The quantitative estimate of drug-likeness (QED) is 0.881. The van der Waals surface area contributed by atoms with E-state index >= 15 is 0 Å². The van der Waals surface area contributed by atoms with E-state index in [1.54, 1.807) is 38.1 Å². The van der Waals surface area contributed by atoms with Gasteiger partial charge in [-0.1, -0.05) is 48.0 Å². The molecule has 0 aliphatic carbocycles. The minimum Gasteiger partial charge on any atom is -0.393 e. The first kappa shape index (κ1) is 16.5. The van der Waals surface area contributed by atoms with Crippen molar-refractivity contribution in [2.45, 2.75) is 37.5 Å². The second kappa shape index (κ2) is 5.42. The van der Waals surface area contributed by atoms with Crippen LogP contribution in [0.1, 0.15) is 25.8 Å². The van der Waals surface area contributed by atoms with Crippen LogP contribution in [0.5, 0.6) is 0 Å². The number of hydrogen-bond acceptors (Lipinski definition) is 2. The molecule has 1 aromatic carbocycles. The van der Waals surface area contributed by atoms with Gasteiger partial charge in [0.25, 0.3) is 0 Å². The van der Waals surface area contributed by atoms with Gasteiger partial charge in [-0.25, -0.2) is 0 Å². The predicted octanol–water partition coefficient (Wildman–Crippen LogP) is 3.40.